The largest absolute Gasteiger partial charge is 0.265 e. The Hall–Kier alpha value is -1.73. The fourth-order valence-electron chi connectivity index (χ4n) is 3.29. The number of nitrogens with one attached hydrogen (secondary N) is 1. The highest BCUT2D eigenvalue weighted by Crippen LogP contribution is 2.33. The molecular weight excluding hydrogens is 336 g/mol. The molecule has 1 saturated carbocycles. The minimum Gasteiger partial charge on any atom is -0.265 e. The van der Waals surface area contributed by atoms with Crippen LogP contribution in [0.25, 0.3) is 11.3 Å². The summed E-state index contributed by atoms with van der Waals surface area (Å²) < 4.78 is 28.8. The Balaban J connectivity index is 1.81. The van der Waals surface area contributed by atoms with Crippen molar-refractivity contribution in [1.82, 2.24) is 19.5 Å². The van der Waals surface area contributed by atoms with Crippen LogP contribution in [0.3, 0.4) is 0 Å². The van der Waals surface area contributed by atoms with Crippen LogP contribution >= 0.6 is 0 Å². The van der Waals surface area contributed by atoms with Crippen LogP contribution in [0.15, 0.2) is 30.6 Å². The molecule has 0 atom stereocenters. The van der Waals surface area contributed by atoms with Crippen molar-refractivity contribution in [3.63, 3.8) is 0 Å². The standard InChI is InChI=1S/C18H26N4O2S/c1-2-3-12-25(23,24)20-14-16-13-18(15-8-10-19-11-9-15)22(21-16)17-6-4-5-7-17/h8-11,13,17,20H,2-7,12,14H2,1H3. The summed E-state index contributed by atoms with van der Waals surface area (Å²) in [6, 6.07) is 6.33. The molecule has 0 aliphatic heterocycles. The van der Waals surface area contributed by atoms with Crippen LogP contribution in [0.4, 0.5) is 0 Å². The number of pyridine rings is 1. The summed E-state index contributed by atoms with van der Waals surface area (Å²) in [6.07, 6.45) is 9.78. The molecule has 3 rings (SSSR count). The summed E-state index contributed by atoms with van der Waals surface area (Å²) in [7, 11) is -3.24. The summed E-state index contributed by atoms with van der Waals surface area (Å²) >= 11 is 0. The van der Waals surface area contributed by atoms with Gasteiger partial charge in [-0.15, -0.1) is 0 Å². The van der Waals surface area contributed by atoms with Crippen molar-refractivity contribution in [2.75, 3.05) is 5.75 Å². The highest BCUT2D eigenvalue weighted by molar-refractivity contribution is 7.89. The predicted molar refractivity (Wildman–Crippen MR) is 98.5 cm³/mol. The van der Waals surface area contributed by atoms with E-state index in [1.54, 1.807) is 12.4 Å². The number of hydrogen-bond donors (Lipinski definition) is 1. The van der Waals surface area contributed by atoms with E-state index in [2.05, 4.69) is 14.4 Å². The molecule has 0 bridgehead atoms. The average molecular weight is 362 g/mol. The number of sulfonamides is 1. The highest BCUT2D eigenvalue weighted by atomic mass is 32.2. The van der Waals surface area contributed by atoms with Gasteiger partial charge in [-0.2, -0.15) is 5.10 Å². The minimum atomic E-state index is -3.24. The molecule has 0 radical (unpaired) electrons. The molecule has 0 aromatic carbocycles. The molecule has 136 valence electrons. The van der Waals surface area contributed by atoms with Gasteiger partial charge in [0.15, 0.2) is 0 Å². The highest BCUT2D eigenvalue weighted by Gasteiger charge is 2.22. The smallest absolute Gasteiger partial charge is 0.211 e. The van der Waals surface area contributed by atoms with Crippen LogP contribution < -0.4 is 4.72 Å². The first-order valence-corrected chi connectivity index (χ1v) is 10.7. The lowest BCUT2D eigenvalue weighted by Gasteiger charge is -2.14. The van der Waals surface area contributed by atoms with Crippen LogP contribution in [-0.4, -0.2) is 28.9 Å². The maximum atomic E-state index is 12.0. The topological polar surface area (TPSA) is 76.9 Å². The molecule has 25 heavy (non-hydrogen) atoms. The first-order chi connectivity index (χ1) is 12.1. The van der Waals surface area contributed by atoms with Gasteiger partial charge in [-0.1, -0.05) is 26.2 Å². The van der Waals surface area contributed by atoms with Gasteiger partial charge >= 0.3 is 0 Å². The normalized spacial score (nSPS) is 15.7. The van der Waals surface area contributed by atoms with Crippen molar-refractivity contribution >= 4 is 10.0 Å². The van der Waals surface area contributed by atoms with Crippen molar-refractivity contribution in [2.24, 2.45) is 0 Å². The molecule has 7 heteroatoms. The molecule has 0 unspecified atom stereocenters. The van der Waals surface area contributed by atoms with Crippen molar-refractivity contribution in [3.8, 4) is 11.3 Å². The zero-order valence-electron chi connectivity index (χ0n) is 14.7. The summed E-state index contributed by atoms with van der Waals surface area (Å²) in [5.74, 6) is 0.171. The van der Waals surface area contributed by atoms with Gasteiger partial charge in [0.25, 0.3) is 0 Å². The lowest BCUT2D eigenvalue weighted by Crippen LogP contribution is -2.26. The van der Waals surface area contributed by atoms with E-state index in [-0.39, 0.29) is 12.3 Å². The zero-order valence-corrected chi connectivity index (χ0v) is 15.5. The summed E-state index contributed by atoms with van der Waals surface area (Å²) in [4.78, 5) is 4.08. The fourth-order valence-corrected chi connectivity index (χ4v) is 4.47. The zero-order chi connectivity index (χ0) is 17.7. The average Bonchev–Trinajstić information content (AvgIpc) is 3.28. The Bertz CT molecular complexity index is 781. The number of unbranched alkanes of at least 4 members (excludes halogenated alkanes) is 1. The van der Waals surface area contributed by atoms with Gasteiger partial charge in [-0.05, 0) is 37.5 Å². The molecule has 0 spiro atoms. The maximum absolute atomic E-state index is 12.0. The summed E-state index contributed by atoms with van der Waals surface area (Å²) in [5.41, 5.74) is 2.87. The number of hydrogen-bond acceptors (Lipinski definition) is 4. The molecule has 0 saturated heterocycles. The monoisotopic (exact) mass is 362 g/mol. The van der Waals surface area contributed by atoms with Crippen LogP contribution in [0, 0.1) is 0 Å². The van der Waals surface area contributed by atoms with Crippen molar-refractivity contribution in [3.05, 3.63) is 36.3 Å². The molecule has 0 amide bonds. The molecule has 2 heterocycles. The maximum Gasteiger partial charge on any atom is 0.211 e. The fraction of sp³-hybridized carbons (Fsp3) is 0.556. The molecule has 2 aromatic rings. The summed E-state index contributed by atoms with van der Waals surface area (Å²) in [6.45, 7) is 2.23. The van der Waals surface area contributed by atoms with Gasteiger partial charge < -0.3 is 0 Å². The molecule has 1 aliphatic rings. The second-order valence-electron chi connectivity index (χ2n) is 6.63. The van der Waals surface area contributed by atoms with Crippen LogP contribution in [0.1, 0.15) is 57.2 Å². The molecule has 1 N–H and O–H groups in total. The second-order valence-corrected chi connectivity index (χ2v) is 8.56. The van der Waals surface area contributed by atoms with Crippen molar-refractivity contribution < 1.29 is 8.42 Å². The van der Waals surface area contributed by atoms with E-state index < -0.39 is 10.0 Å². The van der Waals surface area contributed by atoms with Gasteiger partial charge in [0, 0.05) is 18.0 Å². The van der Waals surface area contributed by atoms with E-state index in [9.17, 15) is 8.42 Å². The number of aromatic nitrogens is 3. The number of nitrogens with zero attached hydrogens (tertiary/aromatic N) is 3. The third-order valence-corrected chi connectivity index (χ3v) is 6.08. The van der Waals surface area contributed by atoms with E-state index in [1.807, 2.05) is 25.1 Å². The van der Waals surface area contributed by atoms with Gasteiger partial charge in [-0.25, -0.2) is 13.1 Å². The van der Waals surface area contributed by atoms with Crippen LogP contribution in [-0.2, 0) is 16.6 Å². The third-order valence-electron chi connectivity index (χ3n) is 4.67. The molecule has 1 aliphatic carbocycles. The van der Waals surface area contributed by atoms with Crippen molar-refractivity contribution in [1.29, 1.82) is 0 Å². The van der Waals surface area contributed by atoms with E-state index in [0.717, 1.165) is 36.2 Å². The van der Waals surface area contributed by atoms with Crippen molar-refractivity contribution in [2.45, 2.75) is 58.0 Å². The van der Waals surface area contributed by atoms with Gasteiger partial charge in [0.05, 0.1) is 29.7 Å². The van der Waals surface area contributed by atoms with E-state index in [1.165, 1.54) is 12.8 Å². The number of rotatable bonds is 8. The van der Waals surface area contributed by atoms with E-state index in [0.29, 0.717) is 12.5 Å². The molecule has 6 nitrogen and oxygen atoms in total. The summed E-state index contributed by atoms with van der Waals surface area (Å²) in [5, 5.41) is 4.72. The predicted octanol–water partition coefficient (Wildman–Crippen LogP) is 3.28. The van der Waals surface area contributed by atoms with Crippen LogP contribution in [0.5, 0.6) is 0 Å². The van der Waals surface area contributed by atoms with E-state index >= 15 is 0 Å². The molecule has 1 fully saturated rings. The molecule has 2 aromatic heterocycles. The Morgan fingerprint density at radius 2 is 1.96 bits per heavy atom. The van der Waals surface area contributed by atoms with Gasteiger partial charge in [-0.3, -0.25) is 9.67 Å². The lowest BCUT2D eigenvalue weighted by molar-refractivity contribution is 0.467. The first kappa shape index (κ1) is 18.1. The Kier molecular flexibility index (Phi) is 5.86. The lowest BCUT2D eigenvalue weighted by atomic mass is 10.1. The first-order valence-electron chi connectivity index (χ1n) is 9.05. The Morgan fingerprint density at radius 3 is 2.64 bits per heavy atom. The van der Waals surface area contributed by atoms with E-state index in [4.69, 9.17) is 5.10 Å². The quantitative estimate of drug-likeness (QED) is 0.782. The minimum absolute atomic E-state index is 0.171. The molecular formula is C18H26N4O2S. The van der Waals surface area contributed by atoms with Gasteiger partial charge in [0.1, 0.15) is 0 Å². The third kappa shape index (κ3) is 4.67. The Labute approximate surface area is 149 Å². The Morgan fingerprint density at radius 1 is 1.24 bits per heavy atom. The van der Waals surface area contributed by atoms with Gasteiger partial charge in [0.2, 0.25) is 10.0 Å². The second kappa shape index (κ2) is 8.10. The van der Waals surface area contributed by atoms with Crippen LogP contribution in [0.2, 0.25) is 0 Å². The SMILES string of the molecule is CCCCS(=O)(=O)NCc1cc(-c2ccncc2)n(C2CCCC2)n1.